The second-order valence-electron chi connectivity index (χ2n) is 4.30. The van der Waals surface area contributed by atoms with E-state index in [1.54, 1.807) is 6.20 Å². The molecule has 0 saturated carbocycles. The Bertz CT molecular complexity index is 543. The molecule has 4 heteroatoms. The summed E-state index contributed by atoms with van der Waals surface area (Å²) in [7, 11) is 0. The summed E-state index contributed by atoms with van der Waals surface area (Å²) >= 11 is 7.01. The van der Waals surface area contributed by atoms with Crippen molar-refractivity contribution in [2.24, 2.45) is 0 Å². The topological polar surface area (TPSA) is 22.1 Å². The van der Waals surface area contributed by atoms with Gasteiger partial charge in [-0.3, -0.25) is 4.98 Å². The number of pyridine rings is 1. The summed E-state index contributed by atoms with van der Waals surface area (Å²) in [6.45, 7) is 2.73. The van der Waals surface area contributed by atoms with Gasteiger partial charge in [-0.2, -0.15) is 0 Å². The van der Waals surface area contributed by atoms with Crippen LogP contribution >= 0.6 is 31.9 Å². The van der Waals surface area contributed by atoms with E-state index in [-0.39, 0.29) is 0 Å². The number of aromatic nitrogens is 1. The van der Waals surface area contributed by atoms with Gasteiger partial charge in [-0.25, -0.2) is 0 Å². The molecule has 0 saturated heterocycles. The van der Waals surface area contributed by atoms with Crippen molar-refractivity contribution in [2.75, 3.05) is 6.61 Å². The fraction of sp³-hybridized carbons (Fsp3) is 0.267. The van der Waals surface area contributed by atoms with Gasteiger partial charge in [0, 0.05) is 34.2 Å². The van der Waals surface area contributed by atoms with Crippen molar-refractivity contribution < 1.29 is 4.74 Å². The Morgan fingerprint density at radius 3 is 2.84 bits per heavy atom. The van der Waals surface area contributed by atoms with E-state index in [1.165, 1.54) is 5.56 Å². The number of benzene rings is 1. The second-order valence-corrected chi connectivity index (χ2v) is 5.78. The van der Waals surface area contributed by atoms with Crippen LogP contribution < -0.4 is 4.74 Å². The van der Waals surface area contributed by atoms with Crippen LogP contribution in [0.1, 0.15) is 16.7 Å². The van der Waals surface area contributed by atoms with Gasteiger partial charge in [-0.1, -0.05) is 37.9 Å². The molecular weight excluding hydrogens is 370 g/mol. The summed E-state index contributed by atoms with van der Waals surface area (Å²) in [5.74, 6) is 0.976. The van der Waals surface area contributed by atoms with Gasteiger partial charge < -0.3 is 4.74 Å². The smallest absolute Gasteiger partial charge is 0.126 e. The van der Waals surface area contributed by atoms with Crippen molar-refractivity contribution in [3.05, 3.63) is 57.8 Å². The molecule has 2 nitrogen and oxygen atoms in total. The van der Waals surface area contributed by atoms with Crippen LogP contribution in [0.25, 0.3) is 0 Å². The molecule has 1 aromatic carbocycles. The number of alkyl halides is 1. The maximum atomic E-state index is 5.94. The van der Waals surface area contributed by atoms with Crippen LogP contribution in [0, 0.1) is 6.92 Å². The molecule has 0 radical (unpaired) electrons. The molecule has 0 spiro atoms. The van der Waals surface area contributed by atoms with Gasteiger partial charge in [0.25, 0.3) is 0 Å². The average Bonchev–Trinajstić information content (AvgIpc) is 2.42. The maximum absolute atomic E-state index is 5.94. The average molecular weight is 385 g/mol. The predicted octanol–water partition coefficient (Wildman–Crippen LogP) is 4.67. The van der Waals surface area contributed by atoms with E-state index in [0.717, 1.165) is 33.1 Å². The minimum Gasteiger partial charge on any atom is -0.493 e. The lowest BCUT2D eigenvalue weighted by Crippen LogP contribution is -2.04. The number of hydrogen-bond acceptors (Lipinski definition) is 2. The first-order valence-electron chi connectivity index (χ1n) is 6.07. The lowest BCUT2D eigenvalue weighted by atomic mass is 10.1. The molecule has 0 unspecified atom stereocenters. The molecule has 100 valence electrons. The van der Waals surface area contributed by atoms with E-state index in [4.69, 9.17) is 4.74 Å². The number of hydrogen-bond donors (Lipinski definition) is 0. The third kappa shape index (κ3) is 4.05. The zero-order valence-corrected chi connectivity index (χ0v) is 13.9. The quantitative estimate of drug-likeness (QED) is 0.699. The highest BCUT2D eigenvalue weighted by atomic mass is 79.9. The van der Waals surface area contributed by atoms with E-state index < -0.39 is 0 Å². The van der Waals surface area contributed by atoms with Crippen LogP contribution in [0.3, 0.4) is 0 Å². The molecule has 1 aromatic heterocycles. The Hall–Kier alpha value is -0.870. The summed E-state index contributed by atoms with van der Waals surface area (Å²) in [4.78, 5) is 4.10. The van der Waals surface area contributed by atoms with E-state index in [0.29, 0.717) is 6.61 Å². The molecular formula is C15H15Br2NO. The van der Waals surface area contributed by atoms with Crippen molar-refractivity contribution in [1.82, 2.24) is 4.98 Å². The molecule has 1 heterocycles. The van der Waals surface area contributed by atoms with E-state index in [1.807, 2.05) is 12.3 Å². The number of nitrogens with zero attached hydrogens (tertiary/aromatic N) is 1. The van der Waals surface area contributed by atoms with Crippen LogP contribution in [0.4, 0.5) is 0 Å². The summed E-state index contributed by atoms with van der Waals surface area (Å²) in [5.41, 5.74) is 3.51. The van der Waals surface area contributed by atoms with Crippen molar-refractivity contribution in [1.29, 1.82) is 0 Å². The van der Waals surface area contributed by atoms with Crippen LogP contribution in [0.2, 0.25) is 0 Å². The zero-order chi connectivity index (χ0) is 13.7. The molecule has 0 amide bonds. The van der Waals surface area contributed by atoms with Crippen LogP contribution in [0.5, 0.6) is 5.75 Å². The van der Waals surface area contributed by atoms with E-state index in [9.17, 15) is 0 Å². The molecule has 0 aliphatic carbocycles. The first kappa shape index (κ1) is 14.5. The van der Waals surface area contributed by atoms with Gasteiger partial charge in [-0.15, -0.1) is 0 Å². The van der Waals surface area contributed by atoms with Crippen molar-refractivity contribution in [2.45, 2.75) is 18.7 Å². The third-order valence-electron chi connectivity index (χ3n) is 2.82. The predicted molar refractivity (Wildman–Crippen MR) is 84.9 cm³/mol. The summed E-state index contributed by atoms with van der Waals surface area (Å²) in [6.07, 6.45) is 4.53. The number of rotatable bonds is 5. The second kappa shape index (κ2) is 7.06. The number of aryl methyl sites for hydroxylation is 1. The standard InChI is InChI=1S/C15H15Br2NO/c1-11-7-14(17)8-13(9-16)15(11)19-6-4-12-3-2-5-18-10-12/h2-3,5,7-8,10H,4,6,9H2,1H3. The molecule has 0 bridgehead atoms. The Balaban J connectivity index is 2.03. The lowest BCUT2D eigenvalue weighted by Gasteiger charge is -2.13. The Labute approximate surface area is 130 Å². The number of halogens is 2. The Morgan fingerprint density at radius 2 is 2.16 bits per heavy atom. The van der Waals surface area contributed by atoms with Gasteiger partial charge in [0.05, 0.1) is 6.61 Å². The van der Waals surface area contributed by atoms with Crippen LogP contribution in [-0.4, -0.2) is 11.6 Å². The highest BCUT2D eigenvalue weighted by molar-refractivity contribution is 9.10. The largest absolute Gasteiger partial charge is 0.493 e. The highest BCUT2D eigenvalue weighted by Gasteiger charge is 2.08. The minimum atomic E-state index is 0.661. The summed E-state index contributed by atoms with van der Waals surface area (Å²) in [6, 6.07) is 8.17. The molecule has 2 rings (SSSR count). The van der Waals surface area contributed by atoms with E-state index >= 15 is 0 Å². The summed E-state index contributed by atoms with van der Waals surface area (Å²) in [5, 5.41) is 0.787. The third-order valence-corrected chi connectivity index (χ3v) is 3.88. The van der Waals surface area contributed by atoms with E-state index in [2.05, 4.69) is 62.0 Å². The maximum Gasteiger partial charge on any atom is 0.126 e. The van der Waals surface area contributed by atoms with Crippen molar-refractivity contribution in [3.8, 4) is 5.75 Å². The molecule has 2 aromatic rings. The molecule has 0 aliphatic heterocycles. The fourth-order valence-corrected chi connectivity index (χ4v) is 2.96. The zero-order valence-electron chi connectivity index (χ0n) is 10.7. The first-order chi connectivity index (χ1) is 9.20. The number of ether oxygens (including phenoxy) is 1. The lowest BCUT2D eigenvalue weighted by molar-refractivity contribution is 0.317. The van der Waals surface area contributed by atoms with Crippen LogP contribution in [-0.2, 0) is 11.8 Å². The van der Waals surface area contributed by atoms with Crippen LogP contribution in [0.15, 0.2) is 41.1 Å². The van der Waals surface area contributed by atoms with Gasteiger partial charge in [0.2, 0.25) is 0 Å². The molecule has 19 heavy (non-hydrogen) atoms. The highest BCUT2D eigenvalue weighted by Crippen LogP contribution is 2.29. The Morgan fingerprint density at radius 1 is 1.32 bits per heavy atom. The first-order valence-corrected chi connectivity index (χ1v) is 7.99. The SMILES string of the molecule is Cc1cc(Br)cc(CBr)c1OCCc1cccnc1. The molecule has 0 aliphatic rings. The van der Waals surface area contributed by atoms with Gasteiger partial charge in [0.1, 0.15) is 5.75 Å². The van der Waals surface area contributed by atoms with Crippen molar-refractivity contribution >= 4 is 31.9 Å². The normalized spacial score (nSPS) is 10.5. The van der Waals surface area contributed by atoms with Gasteiger partial charge in [-0.05, 0) is 36.2 Å². The van der Waals surface area contributed by atoms with Gasteiger partial charge in [0.15, 0.2) is 0 Å². The summed E-state index contributed by atoms with van der Waals surface area (Å²) < 4.78 is 7.02. The van der Waals surface area contributed by atoms with Gasteiger partial charge >= 0.3 is 0 Å². The Kier molecular flexibility index (Phi) is 5.40. The minimum absolute atomic E-state index is 0.661. The molecule has 0 N–H and O–H groups in total. The fourth-order valence-electron chi connectivity index (χ4n) is 1.92. The van der Waals surface area contributed by atoms with Crippen molar-refractivity contribution in [3.63, 3.8) is 0 Å². The molecule has 0 atom stereocenters. The monoisotopic (exact) mass is 383 g/mol. The molecule has 0 fully saturated rings.